The number of fused-ring (bicyclic) bond motifs is 1. The number of hydrogen-bond acceptors (Lipinski definition) is 4. The molecule has 1 aromatic heterocycles. The predicted molar refractivity (Wildman–Crippen MR) is 112 cm³/mol. The Morgan fingerprint density at radius 2 is 1.71 bits per heavy atom. The molecule has 4 nitrogen and oxygen atoms in total. The van der Waals surface area contributed by atoms with Crippen molar-refractivity contribution in [3.05, 3.63) is 102 Å². The largest absolute Gasteiger partial charge is 0.497 e. The summed E-state index contributed by atoms with van der Waals surface area (Å²) in [5.41, 5.74) is 2.31. The van der Waals surface area contributed by atoms with Crippen molar-refractivity contribution in [3.8, 4) is 5.75 Å². The van der Waals surface area contributed by atoms with E-state index in [1.165, 1.54) is 0 Å². The Morgan fingerprint density at radius 1 is 0.929 bits per heavy atom. The van der Waals surface area contributed by atoms with Crippen molar-refractivity contribution in [2.24, 2.45) is 0 Å². The highest BCUT2D eigenvalue weighted by atomic mass is 16.5. The Kier molecular flexibility index (Phi) is 5.02. The van der Waals surface area contributed by atoms with Crippen LogP contribution in [0.5, 0.6) is 5.75 Å². The van der Waals surface area contributed by atoms with Crippen molar-refractivity contribution in [3.63, 3.8) is 0 Å². The number of carbonyl (C=O) groups is 1. The Balaban J connectivity index is 1.77. The number of aromatic nitrogens is 1. The van der Waals surface area contributed by atoms with Gasteiger partial charge in [-0.05, 0) is 23.1 Å². The average molecular weight is 368 g/mol. The summed E-state index contributed by atoms with van der Waals surface area (Å²) in [5, 5.41) is 5.22. The first-order chi connectivity index (χ1) is 13.8. The minimum atomic E-state index is -0.541. The van der Waals surface area contributed by atoms with Gasteiger partial charge in [-0.25, -0.2) is 0 Å². The van der Waals surface area contributed by atoms with Gasteiger partial charge in [0.15, 0.2) is 5.78 Å². The molecule has 0 aliphatic heterocycles. The number of ether oxygens (including phenoxy) is 1. The first kappa shape index (κ1) is 17.7. The molecule has 0 aliphatic rings. The van der Waals surface area contributed by atoms with Crippen molar-refractivity contribution in [1.82, 2.24) is 4.98 Å². The summed E-state index contributed by atoms with van der Waals surface area (Å²) in [5.74, 6) is 0.703. The predicted octanol–water partition coefficient (Wildman–Crippen LogP) is 5.28. The zero-order valence-electron chi connectivity index (χ0n) is 15.5. The molecule has 1 atom stereocenters. The van der Waals surface area contributed by atoms with Crippen LogP contribution < -0.4 is 10.1 Å². The number of benzene rings is 3. The zero-order valence-corrected chi connectivity index (χ0v) is 15.5. The fourth-order valence-electron chi connectivity index (χ4n) is 3.29. The number of pyridine rings is 1. The lowest BCUT2D eigenvalue weighted by Crippen LogP contribution is -2.21. The standard InChI is InChI=1S/C24H20N2O2/c1-28-20-12-7-11-19(14-20)26-23(17-8-3-2-4-9-17)24(27)22-16-25-15-18-10-5-6-13-21(18)22/h2-16,23,26H,1H3. The van der Waals surface area contributed by atoms with E-state index in [2.05, 4.69) is 10.3 Å². The molecule has 4 rings (SSSR count). The van der Waals surface area contributed by atoms with Crippen molar-refractivity contribution in [2.75, 3.05) is 12.4 Å². The third-order valence-corrected chi connectivity index (χ3v) is 4.71. The molecule has 1 N–H and O–H groups in total. The first-order valence-electron chi connectivity index (χ1n) is 9.09. The number of hydrogen-bond donors (Lipinski definition) is 1. The summed E-state index contributed by atoms with van der Waals surface area (Å²) >= 11 is 0. The molecule has 0 fully saturated rings. The number of nitrogens with one attached hydrogen (secondary N) is 1. The minimum absolute atomic E-state index is 0.0293. The van der Waals surface area contributed by atoms with Crippen LogP contribution in [0.2, 0.25) is 0 Å². The SMILES string of the molecule is COc1cccc(NC(C(=O)c2cncc3ccccc23)c2ccccc2)c1. The zero-order chi connectivity index (χ0) is 19.3. The van der Waals surface area contributed by atoms with Crippen LogP contribution >= 0.6 is 0 Å². The Bertz CT molecular complexity index is 1100. The maximum Gasteiger partial charge on any atom is 0.191 e. The van der Waals surface area contributed by atoms with Gasteiger partial charge in [0.1, 0.15) is 11.8 Å². The highest BCUT2D eigenvalue weighted by Crippen LogP contribution is 2.28. The molecule has 138 valence electrons. The molecule has 0 saturated carbocycles. The second-order valence-corrected chi connectivity index (χ2v) is 6.49. The van der Waals surface area contributed by atoms with Crippen molar-refractivity contribution < 1.29 is 9.53 Å². The minimum Gasteiger partial charge on any atom is -0.497 e. The van der Waals surface area contributed by atoms with E-state index in [-0.39, 0.29) is 5.78 Å². The molecule has 1 unspecified atom stereocenters. The number of anilines is 1. The van der Waals surface area contributed by atoms with E-state index in [4.69, 9.17) is 4.74 Å². The lowest BCUT2D eigenvalue weighted by Gasteiger charge is -2.20. The number of carbonyl (C=O) groups excluding carboxylic acids is 1. The van der Waals surface area contributed by atoms with E-state index in [0.717, 1.165) is 27.8 Å². The molecule has 3 aromatic carbocycles. The van der Waals surface area contributed by atoms with Crippen LogP contribution in [0.3, 0.4) is 0 Å². The molecule has 0 aliphatic carbocycles. The van der Waals surface area contributed by atoms with Gasteiger partial charge >= 0.3 is 0 Å². The van der Waals surface area contributed by atoms with Gasteiger partial charge in [0.2, 0.25) is 0 Å². The molecule has 4 aromatic rings. The first-order valence-corrected chi connectivity index (χ1v) is 9.09. The summed E-state index contributed by atoms with van der Waals surface area (Å²) in [4.78, 5) is 17.9. The van der Waals surface area contributed by atoms with Crippen molar-refractivity contribution in [2.45, 2.75) is 6.04 Å². The topological polar surface area (TPSA) is 51.2 Å². The summed E-state index contributed by atoms with van der Waals surface area (Å²) in [6.07, 6.45) is 3.42. The van der Waals surface area contributed by atoms with Gasteiger partial charge in [0.05, 0.1) is 7.11 Å². The molecule has 0 amide bonds. The molecule has 0 radical (unpaired) electrons. The maximum absolute atomic E-state index is 13.6. The van der Waals surface area contributed by atoms with E-state index in [9.17, 15) is 4.79 Å². The molecule has 4 heteroatoms. The number of rotatable bonds is 6. The van der Waals surface area contributed by atoms with Crippen LogP contribution in [-0.4, -0.2) is 17.9 Å². The van der Waals surface area contributed by atoms with Gasteiger partial charge < -0.3 is 10.1 Å². The molecular weight excluding hydrogens is 348 g/mol. The van der Waals surface area contributed by atoms with Gasteiger partial charge in [0, 0.05) is 35.1 Å². The number of methoxy groups -OCH3 is 1. The molecular formula is C24H20N2O2. The molecule has 1 heterocycles. The summed E-state index contributed by atoms with van der Waals surface area (Å²) in [6.45, 7) is 0. The summed E-state index contributed by atoms with van der Waals surface area (Å²) in [6, 6.07) is 24.6. The van der Waals surface area contributed by atoms with Crippen LogP contribution in [0.1, 0.15) is 22.0 Å². The fraction of sp³-hybridized carbons (Fsp3) is 0.0833. The molecule has 0 bridgehead atoms. The third kappa shape index (κ3) is 3.58. The Hall–Kier alpha value is -3.66. The lowest BCUT2D eigenvalue weighted by molar-refractivity contribution is 0.0971. The highest BCUT2D eigenvalue weighted by molar-refractivity contribution is 6.11. The average Bonchev–Trinajstić information content (AvgIpc) is 2.77. The van der Waals surface area contributed by atoms with E-state index in [1.54, 1.807) is 19.5 Å². The monoisotopic (exact) mass is 368 g/mol. The van der Waals surface area contributed by atoms with Crippen molar-refractivity contribution >= 4 is 22.2 Å². The Labute approximate surface area is 163 Å². The molecule has 28 heavy (non-hydrogen) atoms. The van der Waals surface area contributed by atoms with Gasteiger partial charge in [0.25, 0.3) is 0 Å². The van der Waals surface area contributed by atoms with Gasteiger partial charge in [-0.2, -0.15) is 0 Å². The lowest BCUT2D eigenvalue weighted by atomic mass is 9.95. The summed E-state index contributed by atoms with van der Waals surface area (Å²) in [7, 11) is 1.63. The van der Waals surface area contributed by atoms with Crippen LogP contribution in [0.15, 0.2) is 91.3 Å². The van der Waals surface area contributed by atoms with Gasteiger partial charge in [-0.1, -0.05) is 60.7 Å². The van der Waals surface area contributed by atoms with E-state index < -0.39 is 6.04 Å². The fourth-order valence-corrected chi connectivity index (χ4v) is 3.29. The van der Waals surface area contributed by atoms with E-state index >= 15 is 0 Å². The van der Waals surface area contributed by atoms with Crippen LogP contribution in [0.25, 0.3) is 10.8 Å². The van der Waals surface area contributed by atoms with Crippen LogP contribution in [0.4, 0.5) is 5.69 Å². The highest BCUT2D eigenvalue weighted by Gasteiger charge is 2.24. The normalized spacial score (nSPS) is 11.8. The van der Waals surface area contributed by atoms with Crippen molar-refractivity contribution in [1.29, 1.82) is 0 Å². The number of ketones is 1. The third-order valence-electron chi connectivity index (χ3n) is 4.71. The van der Waals surface area contributed by atoms with Crippen LogP contribution in [0, 0.1) is 0 Å². The maximum atomic E-state index is 13.6. The number of nitrogens with zero attached hydrogens (tertiary/aromatic N) is 1. The van der Waals surface area contributed by atoms with Crippen LogP contribution in [-0.2, 0) is 0 Å². The summed E-state index contributed by atoms with van der Waals surface area (Å²) < 4.78 is 5.31. The van der Waals surface area contributed by atoms with E-state index in [1.807, 2.05) is 78.9 Å². The Morgan fingerprint density at radius 3 is 2.54 bits per heavy atom. The quantitative estimate of drug-likeness (QED) is 0.471. The van der Waals surface area contributed by atoms with E-state index in [0.29, 0.717) is 5.56 Å². The van der Waals surface area contributed by atoms with Gasteiger partial charge in [-0.15, -0.1) is 0 Å². The molecule has 0 saturated heterocycles. The second kappa shape index (κ2) is 7.92. The molecule has 0 spiro atoms. The van der Waals surface area contributed by atoms with Gasteiger partial charge in [-0.3, -0.25) is 9.78 Å². The second-order valence-electron chi connectivity index (χ2n) is 6.49. The number of Topliss-reactive ketones (excluding diaryl/α,β-unsaturated/α-hetero) is 1. The smallest absolute Gasteiger partial charge is 0.191 e.